The van der Waals surface area contributed by atoms with Crippen LogP contribution < -0.4 is 16.3 Å². The van der Waals surface area contributed by atoms with E-state index < -0.39 is 55.1 Å². The summed E-state index contributed by atoms with van der Waals surface area (Å²) in [5.41, 5.74) is -3.86. The van der Waals surface area contributed by atoms with Crippen molar-refractivity contribution >= 4 is 13.7 Å². The van der Waals surface area contributed by atoms with Crippen LogP contribution in [0.15, 0.2) is 21.9 Å². The number of nitrogens with one attached hydrogen (secondary N) is 2. The molecule has 26 heavy (non-hydrogen) atoms. The van der Waals surface area contributed by atoms with Gasteiger partial charge >= 0.3 is 19.4 Å². The van der Waals surface area contributed by atoms with Crippen molar-refractivity contribution in [3.8, 4) is 0 Å². The number of hydrogen-bond donors (Lipinski definition) is 3. The van der Waals surface area contributed by atoms with E-state index in [1.165, 1.54) is 6.92 Å². The maximum Gasteiger partial charge on any atom is 0.406 e. The molecule has 0 spiro atoms. The first-order valence-electron chi connectivity index (χ1n) is 7.63. The van der Waals surface area contributed by atoms with E-state index in [9.17, 15) is 18.9 Å². The Morgan fingerprint density at radius 2 is 2.27 bits per heavy atom. The maximum absolute atomic E-state index is 15.4. The van der Waals surface area contributed by atoms with Crippen LogP contribution in [0.1, 0.15) is 20.1 Å². The minimum Gasteiger partial charge on any atom is -0.480 e. The summed E-state index contributed by atoms with van der Waals surface area (Å²) in [6.07, 6.45) is -2.77. The summed E-state index contributed by atoms with van der Waals surface area (Å²) < 4.78 is 44.6. The molecule has 0 aliphatic carbocycles. The predicted octanol–water partition coefficient (Wildman–Crippen LogP) is -0.252. The molecule has 0 bridgehead atoms. The minimum atomic E-state index is -4.11. The van der Waals surface area contributed by atoms with Crippen molar-refractivity contribution in [2.24, 2.45) is 0 Å². The largest absolute Gasteiger partial charge is 0.480 e. The lowest BCUT2D eigenvalue weighted by atomic mass is 9.98. The number of aromatic amines is 1. The fraction of sp³-hybridized carbons (Fsp3) is 0.615. The molecule has 13 heteroatoms. The van der Waals surface area contributed by atoms with Gasteiger partial charge < -0.3 is 9.84 Å². The number of ether oxygens (including phenoxy) is 1. The third-order valence-electron chi connectivity index (χ3n) is 4.17. The number of carboxylic acids is 1. The molecule has 11 nitrogen and oxygen atoms in total. The summed E-state index contributed by atoms with van der Waals surface area (Å²) in [5.74, 6) is -1.29. The van der Waals surface area contributed by atoms with Gasteiger partial charge in [-0.25, -0.2) is 18.8 Å². The number of alkyl halides is 1. The fourth-order valence-electron chi connectivity index (χ4n) is 2.83. The van der Waals surface area contributed by atoms with Crippen LogP contribution in [0.25, 0.3) is 0 Å². The number of carbonyl (C=O) groups is 1. The molecule has 3 rings (SSSR count). The third kappa shape index (κ3) is 3.26. The van der Waals surface area contributed by atoms with E-state index in [0.29, 0.717) is 0 Å². The zero-order valence-electron chi connectivity index (χ0n) is 13.7. The van der Waals surface area contributed by atoms with Crippen LogP contribution in [0.4, 0.5) is 4.39 Å². The Morgan fingerprint density at radius 3 is 2.88 bits per heavy atom. The molecule has 6 atom stereocenters. The fourth-order valence-corrected chi connectivity index (χ4v) is 4.60. The Hall–Kier alpha value is -1.85. The molecule has 2 fully saturated rings. The molecule has 1 unspecified atom stereocenters. The Bertz CT molecular complexity index is 883. The zero-order chi connectivity index (χ0) is 19.3. The van der Waals surface area contributed by atoms with Crippen LogP contribution in [0.2, 0.25) is 0 Å². The lowest BCUT2D eigenvalue weighted by Crippen LogP contribution is -2.48. The quantitative estimate of drug-likeness (QED) is 0.589. The summed E-state index contributed by atoms with van der Waals surface area (Å²) >= 11 is 0. The van der Waals surface area contributed by atoms with Gasteiger partial charge in [0.25, 0.3) is 5.56 Å². The van der Waals surface area contributed by atoms with E-state index >= 15 is 4.39 Å². The number of hydrogen-bond acceptors (Lipinski definition) is 7. The summed E-state index contributed by atoms with van der Waals surface area (Å²) in [5, 5.41) is 11.1. The lowest BCUT2D eigenvalue weighted by molar-refractivity contribution is -0.138. The van der Waals surface area contributed by atoms with Crippen molar-refractivity contribution in [2.45, 2.75) is 44.0 Å². The molecule has 1 aromatic heterocycles. The smallest absolute Gasteiger partial charge is 0.406 e. The van der Waals surface area contributed by atoms with Crippen molar-refractivity contribution in [1.29, 1.82) is 0 Å². The van der Waals surface area contributed by atoms with Crippen LogP contribution in [0.3, 0.4) is 0 Å². The second-order valence-electron chi connectivity index (χ2n) is 6.20. The molecular weight excluding hydrogens is 376 g/mol. The predicted molar refractivity (Wildman–Crippen MR) is 83.4 cm³/mol. The van der Waals surface area contributed by atoms with E-state index in [4.69, 9.17) is 18.9 Å². The molecule has 3 N–H and O–H groups in total. The number of aromatic nitrogens is 2. The molecule has 0 saturated carbocycles. The van der Waals surface area contributed by atoms with Gasteiger partial charge in [-0.3, -0.25) is 28.2 Å². The molecule has 2 aliphatic rings. The molecule has 3 heterocycles. The van der Waals surface area contributed by atoms with Gasteiger partial charge in [-0.2, -0.15) is 0 Å². The molecule has 2 aliphatic heterocycles. The normalized spacial score (nSPS) is 37.9. The highest BCUT2D eigenvalue weighted by Crippen LogP contribution is 2.56. The van der Waals surface area contributed by atoms with Crippen molar-refractivity contribution in [3.05, 3.63) is 33.1 Å². The van der Waals surface area contributed by atoms with Crippen LogP contribution in [0.5, 0.6) is 0 Å². The summed E-state index contributed by atoms with van der Waals surface area (Å²) in [6.45, 7) is 1.98. The van der Waals surface area contributed by atoms with E-state index in [1.807, 2.05) is 4.98 Å². The average Bonchev–Trinajstić information content (AvgIpc) is 2.78. The Morgan fingerprint density at radius 1 is 1.58 bits per heavy atom. The number of aliphatic carboxylic acids is 1. The molecule has 0 aromatic carbocycles. The highest BCUT2D eigenvalue weighted by Gasteiger charge is 2.61. The summed E-state index contributed by atoms with van der Waals surface area (Å²) in [7, 11) is -4.11. The van der Waals surface area contributed by atoms with Crippen LogP contribution in [-0.4, -0.2) is 51.2 Å². The Balaban J connectivity index is 1.87. The number of halogens is 1. The number of rotatable bonds is 4. The Kier molecular flexibility index (Phi) is 4.65. The van der Waals surface area contributed by atoms with Gasteiger partial charge in [-0.15, -0.1) is 0 Å². The van der Waals surface area contributed by atoms with E-state index in [0.717, 1.165) is 23.8 Å². The van der Waals surface area contributed by atoms with Crippen molar-refractivity contribution in [1.82, 2.24) is 14.6 Å². The van der Waals surface area contributed by atoms with Crippen LogP contribution in [-0.2, 0) is 23.1 Å². The molecule has 0 amide bonds. The number of fused-ring (bicyclic) bond motifs is 1. The standard InChI is InChI=1S/C13H17FN3O8P/c1-6(10(19)20)16-26(22)23-5-7-9(25-26)13(2,14)11(24-7)17-4-3-8(18)15-12(17)21/h3-4,6-7,9,11H,5H2,1-2H3,(H,16,22)(H,19,20)(H,15,18,21)/t6?,7-,9-,11-,13-,26-/m1/s1. The van der Waals surface area contributed by atoms with Crippen LogP contribution in [0, 0.1) is 0 Å². The highest BCUT2D eigenvalue weighted by molar-refractivity contribution is 7.51. The van der Waals surface area contributed by atoms with Gasteiger partial charge in [0.15, 0.2) is 11.9 Å². The van der Waals surface area contributed by atoms with E-state index in [-0.39, 0.29) is 6.61 Å². The second-order valence-corrected chi connectivity index (χ2v) is 7.93. The van der Waals surface area contributed by atoms with Crippen LogP contribution >= 0.6 is 7.75 Å². The second kappa shape index (κ2) is 6.39. The number of carboxylic acid groups (broad SMARTS) is 1. The zero-order valence-corrected chi connectivity index (χ0v) is 14.6. The van der Waals surface area contributed by atoms with Gasteiger partial charge in [0, 0.05) is 12.3 Å². The van der Waals surface area contributed by atoms with Gasteiger partial charge in [-0.1, -0.05) is 0 Å². The monoisotopic (exact) mass is 393 g/mol. The topological polar surface area (TPSA) is 149 Å². The van der Waals surface area contributed by atoms with Crippen molar-refractivity contribution in [2.75, 3.05) is 6.61 Å². The third-order valence-corrected chi connectivity index (χ3v) is 5.86. The molecule has 2 saturated heterocycles. The van der Waals surface area contributed by atoms with Gasteiger partial charge in [-0.05, 0) is 13.8 Å². The van der Waals surface area contributed by atoms with Gasteiger partial charge in [0.1, 0.15) is 18.2 Å². The minimum absolute atomic E-state index is 0.338. The van der Waals surface area contributed by atoms with Crippen molar-refractivity contribution in [3.63, 3.8) is 0 Å². The molecule has 144 valence electrons. The first kappa shape index (κ1) is 18.9. The maximum atomic E-state index is 15.4. The van der Waals surface area contributed by atoms with E-state index in [2.05, 4.69) is 5.09 Å². The Labute approximate surface area is 145 Å². The molecular formula is C13H17FN3O8P. The highest BCUT2D eigenvalue weighted by atomic mass is 31.2. The van der Waals surface area contributed by atoms with Gasteiger partial charge in [0.05, 0.1) is 6.61 Å². The average molecular weight is 393 g/mol. The van der Waals surface area contributed by atoms with Crippen molar-refractivity contribution < 1.29 is 32.6 Å². The number of H-pyrrole nitrogens is 1. The first-order valence-corrected chi connectivity index (χ1v) is 9.17. The summed E-state index contributed by atoms with van der Waals surface area (Å²) in [6, 6.07) is -0.232. The molecule has 1 aromatic rings. The van der Waals surface area contributed by atoms with E-state index in [1.54, 1.807) is 0 Å². The summed E-state index contributed by atoms with van der Waals surface area (Å²) in [4.78, 5) is 36.0. The molecule has 0 radical (unpaired) electrons. The number of nitrogens with zero attached hydrogens (tertiary/aromatic N) is 1. The first-order chi connectivity index (χ1) is 12.0. The van der Waals surface area contributed by atoms with Gasteiger partial charge in [0.2, 0.25) is 0 Å². The lowest BCUT2D eigenvalue weighted by Gasteiger charge is -2.35. The SMILES string of the molecule is CC(N[P@@]1(=O)OC[C@H]2O[C@@H](n3ccc(=O)[nH]c3=O)[C@](C)(F)[C@@H]2O1)C(=O)O.